The predicted molar refractivity (Wildman–Crippen MR) is 140 cm³/mol. The number of hydrogen-bond acceptors (Lipinski definition) is 5. The molecule has 0 atom stereocenters. The molecule has 2 amide bonds. The minimum absolute atomic E-state index is 0.150. The molecule has 3 rings (SSSR count). The number of para-hydroxylation sites is 1. The molecule has 0 aliphatic rings. The number of carbonyl (C=O) groups is 2. The second-order valence-electron chi connectivity index (χ2n) is 8.48. The summed E-state index contributed by atoms with van der Waals surface area (Å²) in [4.78, 5) is 26.8. The zero-order chi connectivity index (χ0) is 26.1. The highest BCUT2D eigenvalue weighted by molar-refractivity contribution is 5.79. The van der Waals surface area contributed by atoms with Gasteiger partial charge >= 0.3 is 12.0 Å². The van der Waals surface area contributed by atoms with Crippen LogP contribution in [-0.2, 0) is 29.0 Å². The quantitative estimate of drug-likeness (QED) is 0.381. The van der Waals surface area contributed by atoms with Gasteiger partial charge in [-0.15, -0.1) is 0 Å². The largest absolute Gasteiger partial charge is 0.508 e. The second-order valence-corrected chi connectivity index (χ2v) is 8.48. The fraction of sp³-hybridized carbons (Fsp3) is 0.310. The zero-order valence-corrected chi connectivity index (χ0v) is 21.3. The maximum atomic E-state index is 13.0. The number of nitrogens with one attached hydrogen (secondary N) is 1. The summed E-state index contributed by atoms with van der Waals surface area (Å²) in [7, 11) is 1.61. The minimum Gasteiger partial charge on any atom is -0.508 e. The van der Waals surface area contributed by atoms with Crippen LogP contribution in [0.2, 0.25) is 0 Å². The monoisotopic (exact) mass is 490 g/mol. The average molecular weight is 491 g/mol. The Balaban J connectivity index is 1.88. The van der Waals surface area contributed by atoms with Gasteiger partial charge in [0, 0.05) is 30.8 Å². The van der Waals surface area contributed by atoms with Crippen molar-refractivity contribution in [3.8, 4) is 22.6 Å². The van der Waals surface area contributed by atoms with Gasteiger partial charge in [0.2, 0.25) is 0 Å². The first-order valence-electron chi connectivity index (χ1n) is 12.1. The molecule has 7 nitrogen and oxygen atoms in total. The van der Waals surface area contributed by atoms with E-state index in [1.54, 1.807) is 37.1 Å². The highest BCUT2D eigenvalue weighted by Crippen LogP contribution is 2.34. The number of benzene rings is 3. The number of phenols is 1. The van der Waals surface area contributed by atoms with Crippen molar-refractivity contribution >= 4 is 12.0 Å². The van der Waals surface area contributed by atoms with E-state index in [1.165, 1.54) is 0 Å². The number of phenolic OH excluding ortho intramolecular Hbond substituents is 1. The van der Waals surface area contributed by atoms with Crippen LogP contribution in [0.4, 0.5) is 4.79 Å². The summed E-state index contributed by atoms with van der Waals surface area (Å²) in [6.07, 6.45) is 0.169. The standard InChI is InChI=1S/C29H34N2O5/c1-5-31(29(34)30-18-22-9-7-8-10-26(22)32)19-23-15-20(3)11-13-24(23)25-16-21(12-14-27(25)35-4)17-28(33)36-6-2/h7-16,32H,5-6,17-19H2,1-4H3,(H,30,34). The molecule has 0 saturated carbocycles. The Morgan fingerprint density at radius 1 is 0.972 bits per heavy atom. The third-order valence-electron chi connectivity index (χ3n) is 5.92. The number of rotatable bonds is 10. The normalized spacial score (nSPS) is 10.6. The first-order valence-corrected chi connectivity index (χ1v) is 12.1. The molecular formula is C29H34N2O5. The first kappa shape index (κ1) is 26.6. The van der Waals surface area contributed by atoms with E-state index < -0.39 is 0 Å². The molecule has 0 heterocycles. The predicted octanol–water partition coefficient (Wildman–Crippen LogP) is 5.21. The zero-order valence-electron chi connectivity index (χ0n) is 21.3. The molecule has 36 heavy (non-hydrogen) atoms. The molecule has 190 valence electrons. The summed E-state index contributed by atoms with van der Waals surface area (Å²) in [5.41, 5.74) is 5.28. The Kier molecular flexibility index (Phi) is 9.33. The molecule has 0 aromatic heterocycles. The molecular weight excluding hydrogens is 456 g/mol. The number of nitrogens with zero attached hydrogens (tertiary/aromatic N) is 1. The summed E-state index contributed by atoms with van der Waals surface area (Å²) in [5.74, 6) is 0.549. The molecule has 0 fully saturated rings. The lowest BCUT2D eigenvalue weighted by Gasteiger charge is -2.24. The van der Waals surface area contributed by atoms with Crippen LogP contribution in [0.3, 0.4) is 0 Å². The molecule has 3 aromatic rings. The molecule has 0 unspecified atom stereocenters. The van der Waals surface area contributed by atoms with E-state index in [9.17, 15) is 14.7 Å². The van der Waals surface area contributed by atoms with Gasteiger partial charge in [-0.05, 0) is 55.7 Å². The van der Waals surface area contributed by atoms with Gasteiger partial charge in [0.05, 0.1) is 20.1 Å². The van der Waals surface area contributed by atoms with Gasteiger partial charge in [-0.3, -0.25) is 4.79 Å². The second kappa shape index (κ2) is 12.6. The van der Waals surface area contributed by atoms with Gasteiger partial charge in [-0.1, -0.05) is 48.0 Å². The number of urea groups is 1. The highest BCUT2D eigenvalue weighted by atomic mass is 16.5. The van der Waals surface area contributed by atoms with E-state index in [0.717, 1.165) is 27.8 Å². The topological polar surface area (TPSA) is 88.1 Å². The molecule has 3 aromatic carbocycles. The van der Waals surface area contributed by atoms with E-state index in [1.807, 2.05) is 50.2 Å². The number of amides is 2. The number of carbonyl (C=O) groups excluding carboxylic acids is 2. The van der Waals surface area contributed by atoms with E-state index in [0.29, 0.717) is 31.0 Å². The van der Waals surface area contributed by atoms with Crippen LogP contribution in [0.25, 0.3) is 11.1 Å². The van der Waals surface area contributed by atoms with Crippen LogP contribution in [0, 0.1) is 6.92 Å². The summed E-state index contributed by atoms with van der Waals surface area (Å²) in [6, 6.07) is 18.5. The van der Waals surface area contributed by atoms with Gasteiger partial charge in [0.15, 0.2) is 0 Å². The molecule has 0 aliphatic heterocycles. The average Bonchev–Trinajstić information content (AvgIpc) is 2.86. The fourth-order valence-corrected chi connectivity index (χ4v) is 4.05. The molecule has 0 spiro atoms. The van der Waals surface area contributed by atoms with Gasteiger partial charge in [0.25, 0.3) is 0 Å². The third kappa shape index (κ3) is 6.78. The van der Waals surface area contributed by atoms with Crippen LogP contribution in [0.5, 0.6) is 11.5 Å². The molecule has 2 N–H and O–H groups in total. The van der Waals surface area contributed by atoms with Crippen LogP contribution in [0.1, 0.15) is 36.1 Å². The molecule has 7 heteroatoms. The number of aryl methyl sites for hydroxylation is 1. The van der Waals surface area contributed by atoms with E-state index in [2.05, 4.69) is 11.4 Å². The van der Waals surface area contributed by atoms with Gasteiger partial charge in [-0.25, -0.2) is 4.79 Å². The Morgan fingerprint density at radius 2 is 1.75 bits per heavy atom. The lowest BCUT2D eigenvalue weighted by molar-refractivity contribution is -0.142. The number of aromatic hydroxyl groups is 1. The van der Waals surface area contributed by atoms with Crippen LogP contribution in [0.15, 0.2) is 60.7 Å². The Labute approximate surface area is 212 Å². The summed E-state index contributed by atoms with van der Waals surface area (Å²) < 4.78 is 10.7. The van der Waals surface area contributed by atoms with Crippen LogP contribution >= 0.6 is 0 Å². The van der Waals surface area contributed by atoms with Crippen LogP contribution in [-0.4, -0.2) is 42.3 Å². The highest BCUT2D eigenvalue weighted by Gasteiger charge is 2.18. The molecule has 0 radical (unpaired) electrons. The van der Waals surface area contributed by atoms with Crippen molar-refractivity contribution in [2.75, 3.05) is 20.3 Å². The van der Waals surface area contributed by atoms with E-state index in [-0.39, 0.29) is 30.7 Å². The lowest BCUT2D eigenvalue weighted by Crippen LogP contribution is -2.39. The Morgan fingerprint density at radius 3 is 2.44 bits per heavy atom. The lowest BCUT2D eigenvalue weighted by atomic mass is 9.94. The van der Waals surface area contributed by atoms with Crippen molar-refractivity contribution < 1.29 is 24.2 Å². The molecule has 0 bridgehead atoms. The Bertz CT molecular complexity index is 1210. The van der Waals surface area contributed by atoms with Crippen molar-refractivity contribution in [1.29, 1.82) is 0 Å². The van der Waals surface area contributed by atoms with Crippen molar-refractivity contribution in [2.45, 2.75) is 40.3 Å². The minimum atomic E-state index is -0.281. The first-order chi connectivity index (χ1) is 17.4. The Hall–Kier alpha value is -4.00. The van der Waals surface area contributed by atoms with Crippen LogP contribution < -0.4 is 10.1 Å². The van der Waals surface area contributed by atoms with Crippen molar-refractivity contribution in [3.63, 3.8) is 0 Å². The summed E-state index contributed by atoms with van der Waals surface area (Å²) in [6.45, 7) is 7.17. The third-order valence-corrected chi connectivity index (χ3v) is 5.92. The van der Waals surface area contributed by atoms with E-state index in [4.69, 9.17) is 9.47 Å². The number of methoxy groups -OCH3 is 1. The maximum absolute atomic E-state index is 13.0. The smallest absolute Gasteiger partial charge is 0.317 e. The molecule has 0 aliphatic carbocycles. The SMILES string of the molecule is CCOC(=O)Cc1ccc(OC)c(-c2ccc(C)cc2CN(CC)C(=O)NCc2ccccc2O)c1. The van der Waals surface area contributed by atoms with Gasteiger partial charge in [-0.2, -0.15) is 0 Å². The van der Waals surface area contributed by atoms with E-state index >= 15 is 0 Å². The van der Waals surface area contributed by atoms with Crippen molar-refractivity contribution in [2.24, 2.45) is 0 Å². The fourth-order valence-electron chi connectivity index (χ4n) is 4.05. The number of esters is 1. The summed E-state index contributed by atoms with van der Waals surface area (Å²) in [5, 5.41) is 12.9. The number of hydrogen-bond donors (Lipinski definition) is 2. The van der Waals surface area contributed by atoms with Gasteiger partial charge in [0.1, 0.15) is 11.5 Å². The van der Waals surface area contributed by atoms with Crippen molar-refractivity contribution in [1.82, 2.24) is 10.2 Å². The van der Waals surface area contributed by atoms with Gasteiger partial charge < -0.3 is 24.8 Å². The maximum Gasteiger partial charge on any atom is 0.317 e. The number of ether oxygens (including phenoxy) is 2. The van der Waals surface area contributed by atoms with Crippen molar-refractivity contribution in [3.05, 3.63) is 82.9 Å². The summed E-state index contributed by atoms with van der Waals surface area (Å²) >= 11 is 0. The molecule has 0 saturated heterocycles.